The van der Waals surface area contributed by atoms with E-state index in [4.69, 9.17) is 0 Å². The molecule has 0 bridgehead atoms. The number of aromatic nitrogens is 1. The van der Waals surface area contributed by atoms with Gasteiger partial charge >= 0.3 is 6.03 Å². The van der Waals surface area contributed by atoms with Crippen LogP contribution in [-0.2, 0) is 11.2 Å². The Kier molecular flexibility index (Phi) is 8.91. The van der Waals surface area contributed by atoms with Gasteiger partial charge < -0.3 is 15.1 Å². The van der Waals surface area contributed by atoms with E-state index >= 15 is 0 Å². The lowest BCUT2D eigenvalue weighted by molar-refractivity contribution is -0.130. The SMILES string of the molecule is CC(=O)c1sc(NC(=O)N[C@H]2CN(C(C)=O)CC[C@H]2CN2CCCC(Cc3ccc(F)cc3)C2)nc1C. The summed E-state index contributed by atoms with van der Waals surface area (Å²) >= 11 is 1.17. The molecule has 1 aromatic heterocycles. The Hall–Kier alpha value is -2.85. The molecule has 3 amide bonds. The van der Waals surface area contributed by atoms with Crippen LogP contribution in [0.3, 0.4) is 0 Å². The molecule has 2 aromatic rings. The number of urea groups is 1. The molecular weight excluding hydrogens is 493 g/mol. The number of halogens is 1. The lowest BCUT2D eigenvalue weighted by atomic mass is 9.87. The van der Waals surface area contributed by atoms with E-state index in [0.29, 0.717) is 34.7 Å². The molecule has 0 saturated carbocycles. The van der Waals surface area contributed by atoms with Gasteiger partial charge in [0.15, 0.2) is 10.9 Å². The third-order valence-corrected chi connectivity index (χ3v) is 8.56. The zero-order valence-electron chi connectivity index (χ0n) is 21.8. The van der Waals surface area contributed by atoms with Crippen molar-refractivity contribution in [2.75, 3.05) is 38.0 Å². The number of carbonyl (C=O) groups is 3. The molecule has 4 rings (SSSR count). The highest BCUT2D eigenvalue weighted by Crippen LogP contribution is 2.26. The number of piperidine rings is 2. The van der Waals surface area contributed by atoms with Crippen molar-refractivity contribution in [3.8, 4) is 0 Å². The summed E-state index contributed by atoms with van der Waals surface area (Å²) in [6, 6.07) is 6.21. The average Bonchev–Trinajstić information content (AvgIpc) is 3.21. The third-order valence-electron chi connectivity index (χ3n) is 7.39. The number of hydrogen-bond donors (Lipinski definition) is 2. The largest absolute Gasteiger partial charge is 0.341 e. The van der Waals surface area contributed by atoms with Gasteiger partial charge in [0.05, 0.1) is 16.6 Å². The molecule has 2 saturated heterocycles. The molecule has 0 aliphatic carbocycles. The summed E-state index contributed by atoms with van der Waals surface area (Å²) in [5.74, 6) is 0.432. The molecule has 10 heteroatoms. The van der Waals surface area contributed by atoms with Crippen molar-refractivity contribution in [3.63, 3.8) is 0 Å². The molecule has 3 heterocycles. The van der Waals surface area contributed by atoms with Crippen molar-refractivity contribution in [1.82, 2.24) is 20.1 Å². The van der Waals surface area contributed by atoms with Crippen LogP contribution in [0.15, 0.2) is 24.3 Å². The lowest BCUT2D eigenvalue weighted by Gasteiger charge is -2.42. The summed E-state index contributed by atoms with van der Waals surface area (Å²) in [5.41, 5.74) is 1.76. The van der Waals surface area contributed by atoms with Gasteiger partial charge in [-0.05, 0) is 68.7 Å². The predicted octanol–water partition coefficient (Wildman–Crippen LogP) is 4.11. The number of aryl methyl sites for hydroxylation is 1. The van der Waals surface area contributed by atoms with E-state index < -0.39 is 0 Å². The van der Waals surface area contributed by atoms with Crippen LogP contribution in [0.5, 0.6) is 0 Å². The standard InChI is InChI=1S/C27H36FN5O3S/c1-17-25(18(2)34)37-27(29-17)31-26(36)30-24-16-33(19(3)35)12-10-22(24)15-32-11-4-5-21(14-32)13-20-6-8-23(28)9-7-20/h6-9,21-22,24H,4-5,10-16H2,1-3H3,(H2,29,30,31,36)/t21?,22-,24-/m0/s1. The van der Waals surface area contributed by atoms with E-state index in [1.165, 1.54) is 30.4 Å². The van der Waals surface area contributed by atoms with Gasteiger partial charge in [-0.15, -0.1) is 0 Å². The third kappa shape index (κ3) is 7.35. The summed E-state index contributed by atoms with van der Waals surface area (Å²) in [7, 11) is 0. The fraction of sp³-hybridized carbons (Fsp3) is 0.556. The van der Waals surface area contributed by atoms with Gasteiger partial charge in [0.25, 0.3) is 0 Å². The maximum Gasteiger partial charge on any atom is 0.321 e. The van der Waals surface area contributed by atoms with Crippen molar-refractivity contribution < 1.29 is 18.8 Å². The maximum atomic E-state index is 13.3. The van der Waals surface area contributed by atoms with Crippen LogP contribution >= 0.6 is 11.3 Å². The molecule has 37 heavy (non-hydrogen) atoms. The molecule has 1 unspecified atom stereocenters. The van der Waals surface area contributed by atoms with E-state index in [9.17, 15) is 18.8 Å². The quantitative estimate of drug-likeness (QED) is 0.527. The van der Waals surface area contributed by atoms with Gasteiger partial charge in [-0.3, -0.25) is 14.9 Å². The molecule has 8 nitrogen and oxygen atoms in total. The van der Waals surface area contributed by atoms with Crippen molar-refractivity contribution in [2.24, 2.45) is 11.8 Å². The molecule has 2 fully saturated rings. The molecular formula is C27H36FN5O3S. The van der Waals surface area contributed by atoms with Crippen LogP contribution in [0, 0.1) is 24.6 Å². The molecule has 0 radical (unpaired) electrons. The summed E-state index contributed by atoms with van der Waals surface area (Å²) in [5, 5.41) is 6.24. The zero-order valence-corrected chi connectivity index (χ0v) is 22.6. The number of amides is 3. The van der Waals surface area contributed by atoms with Crippen molar-refractivity contribution in [3.05, 3.63) is 46.2 Å². The maximum absolute atomic E-state index is 13.3. The minimum atomic E-state index is -0.378. The Balaban J connectivity index is 1.37. The number of anilines is 1. The van der Waals surface area contributed by atoms with Gasteiger partial charge in [0.1, 0.15) is 5.82 Å². The number of nitrogens with one attached hydrogen (secondary N) is 2. The number of benzene rings is 1. The van der Waals surface area contributed by atoms with Crippen molar-refractivity contribution >= 4 is 34.2 Å². The first kappa shape index (κ1) is 27.2. The normalized spacial score (nSPS) is 22.5. The number of thiazole rings is 1. The highest BCUT2D eigenvalue weighted by atomic mass is 32.1. The van der Waals surface area contributed by atoms with E-state index in [0.717, 1.165) is 50.9 Å². The smallest absolute Gasteiger partial charge is 0.321 e. The highest BCUT2D eigenvalue weighted by Gasteiger charge is 2.34. The zero-order chi connectivity index (χ0) is 26.5. The highest BCUT2D eigenvalue weighted by molar-refractivity contribution is 7.17. The molecule has 2 aliphatic heterocycles. The van der Waals surface area contributed by atoms with E-state index in [2.05, 4.69) is 20.5 Å². The number of carbonyl (C=O) groups excluding carboxylic acids is 3. The van der Waals surface area contributed by atoms with Crippen LogP contribution in [-0.4, -0.2) is 71.3 Å². The summed E-state index contributed by atoms with van der Waals surface area (Å²) in [6.07, 6.45) is 4.00. The van der Waals surface area contributed by atoms with Gasteiger partial charge in [-0.2, -0.15) is 0 Å². The summed E-state index contributed by atoms with van der Waals surface area (Å²) < 4.78 is 13.3. The first-order chi connectivity index (χ1) is 17.7. The van der Waals surface area contributed by atoms with Crippen molar-refractivity contribution in [2.45, 2.75) is 52.5 Å². The van der Waals surface area contributed by atoms with Crippen molar-refractivity contribution in [1.29, 1.82) is 0 Å². The number of nitrogens with zero attached hydrogens (tertiary/aromatic N) is 3. The fourth-order valence-electron chi connectivity index (χ4n) is 5.52. The minimum absolute atomic E-state index is 0.00430. The van der Waals surface area contributed by atoms with Crippen LogP contribution in [0.1, 0.15) is 54.0 Å². The lowest BCUT2D eigenvalue weighted by Crippen LogP contribution is -2.57. The van der Waals surface area contributed by atoms with Gasteiger partial charge in [0.2, 0.25) is 5.91 Å². The molecule has 2 aliphatic rings. The Morgan fingerprint density at radius 1 is 1.11 bits per heavy atom. The van der Waals surface area contributed by atoms with Gasteiger partial charge in [-0.1, -0.05) is 23.5 Å². The molecule has 200 valence electrons. The molecule has 1 aromatic carbocycles. The number of ketones is 1. The monoisotopic (exact) mass is 529 g/mol. The summed E-state index contributed by atoms with van der Waals surface area (Å²) in [6.45, 7) is 8.77. The molecule has 3 atom stereocenters. The second-order valence-electron chi connectivity index (χ2n) is 10.3. The topological polar surface area (TPSA) is 94.6 Å². The number of rotatable bonds is 7. The predicted molar refractivity (Wildman–Crippen MR) is 142 cm³/mol. The Bertz CT molecular complexity index is 1120. The summed E-state index contributed by atoms with van der Waals surface area (Å²) in [4.78, 5) is 45.8. The van der Waals surface area contributed by atoms with Gasteiger partial charge in [0, 0.05) is 40.0 Å². The Morgan fingerprint density at radius 2 is 1.86 bits per heavy atom. The van der Waals surface area contributed by atoms with Crippen LogP contribution in [0.4, 0.5) is 14.3 Å². The van der Waals surface area contributed by atoms with E-state index in [-0.39, 0.29) is 35.5 Å². The molecule has 2 N–H and O–H groups in total. The van der Waals surface area contributed by atoms with Crippen LogP contribution < -0.4 is 10.6 Å². The first-order valence-electron chi connectivity index (χ1n) is 13.0. The van der Waals surface area contributed by atoms with E-state index in [1.807, 2.05) is 12.1 Å². The van der Waals surface area contributed by atoms with E-state index in [1.54, 1.807) is 18.7 Å². The number of likely N-dealkylation sites (tertiary alicyclic amines) is 2. The number of hydrogen-bond acceptors (Lipinski definition) is 6. The Labute approximate surface area is 221 Å². The average molecular weight is 530 g/mol. The second kappa shape index (κ2) is 12.1. The van der Waals surface area contributed by atoms with Crippen LogP contribution in [0.2, 0.25) is 0 Å². The van der Waals surface area contributed by atoms with Gasteiger partial charge in [-0.25, -0.2) is 14.2 Å². The Morgan fingerprint density at radius 3 is 2.54 bits per heavy atom. The fourth-order valence-corrected chi connectivity index (χ4v) is 6.37. The van der Waals surface area contributed by atoms with Crippen LogP contribution in [0.25, 0.3) is 0 Å². The first-order valence-corrected chi connectivity index (χ1v) is 13.8. The second-order valence-corrected chi connectivity index (χ2v) is 11.3. The molecule has 0 spiro atoms. The minimum Gasteiger partial charge on any atom is -0.341 e. The number of Topliss-reactive ketones (excluding diaryl/α,β-unsaturated/α-hetero) is 1.